The number of methoxy groups -OCH3 is 1. The fraction of sp³-hybridized carbons (Fsp3) is 0.714. The lowest BCUT2D eigenvalue weighted by Gasteiger charge is -2.35. The maximum atomic E-state index is 12.1. The van der Waals surface area contributed by atoms with E-state index in [1.54, 1.807) is 31.1 Å². The number of hydrogen-bond acceptors (Lipinski definition) is 5. The lowest BCUT2D eigenvalue weighted by atomic mass is 10.0. The van der Waals surface area contributed by atoms with Gasteiger partial charge in [-0.25, -0.2) is 4.98 Å². The Morgan fingerprint density at radius 1 is 1.60 bits per heavy atom. The molecule has 0 aliphatic carbocycles. The summed E-state index contributed by atoms with van der Waals surface area (Å²) >= 11 is 0. The zero-order chi connectivity index (χ0) is 14.5. The molecule has 2 rings (SSSR count). The second-order valence-corrected chi connectivity index (χ2v) is 5.48. The first-order valence-electron chi connectivity index (χ1n) is 7.13. The van der Waals surface area contributed by atoms with E-state index in [0.29, 0.717) is 24.5 Å². The summed E-state index contributed by atoms with van der Waals surface area (Å²) in [6, 6.07) is 0.692. The molecule has 1 aromatic rings. The highest BCUT2D eigenvalue weighted by molar-refractivity contribution is 5.36. The Hall–Kier alpha value is -1.40. The molecule has 6 heteroatoms. The Labute approximate surface area is 119 Å². The van der Waals surface area contributed by atoms with Crippen LogP contribution in [-0.4, -0.2) is 48.4 Å². The second-order valence-electron chi connectivity index (χ2n) is 5.48. The zero-order valence-electron chi connectivity index (χ0n) is 12.5. The van der Waals surface area contributed by atoms with Gasteiger partial charge >= 0.3 is 0 Å². The standard InChI is InChI=1S/C14H24N4O2/c1-11(10-20-3)16-12-5-4-7-18(9-12)13-14(19)17(2)8-6-15-13/h6,8,11-12,16H,4-5,7,9-10H2,1-3H3/t11-,12-/m0/s1. The van der Waals surface area contributed by atoms with Crippen molar-refractivity contribution in [1.82, 2.24) is 14.9 Å². The fourth-order valence-corrected chi connectivity index (χ4v) is 2.71. The molecule has 2 heterocycles. The van der Waals surface area contributed by atoms with Gasteiger partial charge in [-0.3, -0.25) is 4.79 Å². The molecular weight excluding hydrogens is 256 g/mol. The lowest BCUT2D eigenvalue weighted by molar-refractivity contribution is 0.164. The highest BCUT2D eigenvalue weighted by Crippen LogP contribution is 2.14. The lowest BCUT2D eigenvalue weighted by Crippen LogP contribution is -2.51. The third-order valence-corrected chi connectivity index (χ3v) is 3.66. The van der Waals surface area contributed by atoms with E-state index < -0.39 is 0 Å². The molecule has 20 heavy (non-hydrogen) atoms. The predicted octanol–water partition coefficient (Wildman–Crippen LogP) is 0.374. The molecule has 1 aliphatic heterocycles. The molecule has 0 unspecified atom stereocenters. The van der Waals surface area contributed by atoms with E-state index in [1.165, 1.54) is 0 Å². The van der Waals surface area contributed by atoms with Crippen LogP contribution in [0.4, 0.5) is 5.82 Å². The summed E-state index contributed by atoms with van der Waals surface area (Å²) < 4.78 is 6.73. The molecule has 1 saturated heterocycles. The van der Waals surface area contributed by atoms with Gasteiger partial charge in [-0.15, -0.1) is 0 Å². The van der Waals surface area contributed by atoms with Crippen LogP contribution >= 0.6 is 0 Å². The van der Waals surface area contributed by atoms with E-state index in [2.05, 4.69) is 22.1 Å². The largest absolute Gasteiger partial charge is 0.383 e. The van der Waals surface area contributed by atoms with Crippen molar-refractivity contribution in [3.05, 3.63) is 22.7 Å². The summed E-state index contributed by atoms with van der Waals surface area (Å²) in [4.78, 5) is 18.5. The Kier molecular flexibility index (Phi) is 5.14. The fourth-order valence-electron chi connectivity index (χ4n) is 2.71. The van der Waals surface area contributed by atoms with Gasteiger partial charge in [-0.1, -0.05) is 0 Å². The molecule has 1 aliphatic rings. The summed E-state index contributed by atoms with van der Waals surface area (Å²) in [6.07, 6.45) is 5.56. The van der Waals surface area contributed by atoms with E-state index in [1.807, 2.05) is 0 Å². The first kappa shape index (κ1) is 15.0. The molecule has 0 spiro atoms. The van der Waals surface area contributed by atoms with Crippen LogP contribution in [0.1, 0.15) is 19.8 Å². The molecule has 2 atom stereocenters. The van der Waals surface area contributed by atoms with Crippen LogP contribution in [0, 0.1) is 0 Å². The van der Waals surface area contributed by atoms with Gasteiger partial charge in [0.05, 0.1) is 6.61 Å². The Morgan fingerprint density at radius 3 is 3.15 bits per heavy atom. The van der Waals surface area contributed by atoms with Crippen LogP contribution in [0.3, 0.4) is 0 Å². The molecule has 0 bridgehead atoms. The Balaban J connectivity index is 2.03. The summed E-state index contributed by atoms with van der Waals surface area (Å²) in [7, 11) is 3.47. The Bertz CT molecular complexity index is 488. The van der Waals surface area contributed by atoms with Crippen LogP contribution in [0.2, 0.25) is 0 Å². The minimum absolute atomic E-state index is 0.0295. The van der Waals surface area contributed by atoms with Crippen LogP contribution in [0.25, 0.3) is 0 Å². The number of anilines is 1. The Morgan fingerprint density at radius 2 is 2.40 bits per heavy atom. The van der Waals surface area contributed by atoms with Gasteiger partial charge in [-0.05, 0) is 19.8 Å². The van der Waals surface area contributed by atoms with Gasteiger partial charge in [-0.2, -0.15) is 0 Å². The van der Waals surface area contributed by atoms with E-state index in [4.69, 9.17) is 4.74 Å². The van der Waals surface area contributed by atoms with E-state index in [-0.39, 0.29) is 5.56 Å². The molecule has 1 fully saturated rings. The maximum Gasteiger partial charge on any atom is 0.293 e. The van der Waals surface area contributed by atoms with Gasteiger partial charge in [0.1, 0.15) is 0 Å². The van der Waals surface area contributed by atoms with Crippen LogP contribution in [0.15, 0.2) is 17.2 Å². The number of piperidine rings is 1. The average Bonchev–Trinajstić information content (AvgIpc) is 2.42. The van der Waals surface area contributed by atoms with Gasteiger partial charge in [0, 0.05) is 51.7 Å². The molecule has 112 valence electrons. The number of ether oxygens (including phenoxy) is 1. The molecule has 0 radical (unpaired) electrons. The van der Waals surface area contributed by atoms with Gasteiger partial charge in [0.15, 0.2) is 5.82 Å². The molecular formula is C14H24N4O2. The van der Waals surface area contributed by atoms with Crippen molar-refractivity contribution in [2.24, 2.45) is 7.05 Å². The van der Waals surface area contributed by atoms with E-state index in [0.717, 1.165) is 25.9 Å². The quantitative estimate of drug-likeness (QED) is 0.844. The topological polar surface area (TPSA) is 59.4 Å². The predicted molar refractivity (Wildman–Crippen MR) is 79.2 cm³/mol. The summed E-state index contributed by atoms with van der Waals surface area (Å²) in [5.74, 6) is 0.556. The maximum absolute atomic E-state index is 12.1. The van der Waals surface area contributed by atoms with Crippen molar-refractivity contribution >= 4 is 5.82 Å². The second kappa shape index (κ2) is 6.85. The number of nitrogens with zero attached hydrogens (tertiary/aromatic N) is 3. The van der Waals surface area contributed by atoms with Gasteiger partial charge in [0.25, 0.3) is 5.56 Å². The SMILES string of the molecule is COC[C@H](C)N[C@H]1CCCN(c2nccn(C)c2=O)C1. The first-order chi connectivity index (χ1) is 9.61. The third kappa shape index (κ3) is 3.58. The summed E-state index contributed by atoms with van der Waals surface area (Å²) in [5, 5.41) is 3.55. The van der Waals surface area contributed by atoms with Crippen LogP contribution in [-0.2, 0) is 11.8 Å². The summed E-state index contributed by atoms with van der Waals surface area (Å²) in [6.45, 7) is 4.52. The van der Waals surface area contributed by atoms with Gasteiger partial charge < -0.3 is 19.5 Å². The zero-order valence-corrected chi connectivity index (χ0v) is 12.5. The molecule has 0 amide bonds. The number of hydrogen-bond donors (Lipinski definition) is 1. The number of rotatable bonds is 5. The van der Waals surface area contributed by atoms with E-state index in [9.17, 15) is 4.79 Å². The minimum atomic E-state index is -0.0295. The molecule has 1 aromatic heterocycles. The number of nitrogens with one attached hydrogen (secondary N) is 1. The molecule has 1 N–H and O–H groups in total. The normalized spacial score (nSPS) is 20.9. The minimum Gasteiger partial charge on any atom is -0.383 e. The van der Waals surface area contributed by atoms with Crippen molar-refractivity contribution < 1.29 is 4.74 Å². The summed E-state index contributed by atoms with van der Waals surface area (Å²) in [5.41, 5.74) is -0.0295. The highest BCUT2D eigenvalue weighted by Gasteiger charge is 2.23. The van der Waals surface area contributed by atoms with Gasteiger partial charge in [0.2, 0.25) is 0 Å². The van der Waals surface area contributed by atoms with Crippen LogP contribution < -0.4 is 15.8 Å². The van der Waals surface area contributed by atoms with Crippen molar-refractivity contribution in [3.8, 4) is 0 Å². The number of aromatic nitrogens is 2. The highest BCUT2D eigenvalue weighted by atomic mass is 16.5. The molecule has 0 aromatic carbocycles. The van der Waals surface area contributed by atoms with E-state index >= 15 is 0 Å². The van der Waals surface area contributed by atoms with Crippen molar-refractivity contribution in [2.45, 2.75) is 31.8 Å². The first-order valence-corrected chi connectivity index (χ1v) is 7.13. The average molecular weight is 280 g/mol. The number of aryl methyl sites for hydroxylation is 1. The smallest absolute Gasteiger partial charge is 0.293 e. The molecule has 6 nitrogen and oxygen atoms in total. The third-order valence-electron chi connectivity index (χ3n) is 3.66. The van der Waals surface area contributed by atoms with Crippen molar-refractivity contribution in [1.29, 1.82) is 0 Å². The molecule has 0 saturated carbocycles. The van der Waals surface area contributed by atoms with Crippen molar-refractivity contribution in [3.63, 3.8) is 0 Å². The monoisotopic (exact) mass is 280 g/mol. The van der Waals surface area contributed by atoms with Crippen LogP contribution in [0.5, 0.6) is 0 Å². The van der Waals surface area contributed by atoms with Crippen molar-refractivity contribution in [2.75, 3.05) is 31.7 Å².